The van der Waals surface area contributed by atoms with Crippen molar-refractivity contribution >= 4 is 28.8 Å². The summed E-state index contributed by atoms with van der Waals surface area (Å²) in [5.41, 5.74) is 0.198. The second-order valence-electron chi connectivity index (χ2n) is 3.69. The largest absolute Gasteiger partial charge is 0.481 e. The number of imidazole rings is 1. The van der Waals surface area contributed by atoms with Gasteiger partial charge in [-0.3, -0.25) is 4.79 Å². The summed E-state index contributed by atoms with van der Waals surface area (Å²) in [7, 11) is 0. The minimum Gasteiger partial charge on any atom is -0.481 e. The summed E-state index contributed by atoms with van der Waals surface area (Å²) in [5, 5.41) is 8.67. The molecule has 1 N–H and O–H groups in total. The summed E-state index contributed by atoms with van der Waals surface area (Å²) in [6, 6.07) is 4.04. The van der Waals surface area contributed by atoms with Gasteiger partial charge in [-0.25, -0.2) is 18.2 Å². The Kier molecular flexibility index (Phi) is 3.98. The number of para-hydroxylation sites is 1. The third-order valence-electron chi connectivity index (χ3n) is 2.34. The summed E-state index contributed by atoms with van der Waals surface area (Å²) >= 11 is 0.784. The number of carboxylic acids is 1. The molecule has 0 aliphatic carbocycles. The standard InChI is InChI=1S/C11H9F3N2O2S/c12-6-2-1-3-7-10(6)15-11(19-5-9(17)18)16(7)4-8(13)14/h1-3,8H,4-5H2,(H,17,18). The Morgan fingerprint density at radius 3 is 2.84 bits per heavy atom. The van der Waals surface area contributed by atoms with Gasteiger partial charge in [-0.15, -0.1) is 0 Å². The van der Waals surface area contributed by atoms with Crippen molar-refractivity contribution in [3.05, 3.63) is 24.0 Å². The van der Waals surface area contributed by atoms with Gasteiger partial charge in [0.15, 0.2) is 11.0 Å². The number of fused-ring (bicyclic) bond motifs is 1. The van der Waals surface area contributed by atoms with Crippen molar-refractivity contribution in [1.82, 2.24) is 9.55 Å². The Bertz CT molecular complexity index is 615. The molecule has 8 heteroatoms. The van der Waals surface area contributed by atoms with Gasteiger partial charge in [0.1, 0.15) is 5.52 Å². The van der Waals surface area contributed by atoms with Crippen LogP contribution in [0.1, 0.15) is 0 Å². The summed E-state index contributed by atoms with van der Waals surface area (Å²) in [6.07, 6.45) is -2.63. The van der Waals surface area contributed by atoms with E-state index in [2.05, 4.69) is 4.98 Å². The molecular weight excluding hydrogens is 281 g/mol. The van der Waals surface area contributed by atoms with Gasteiger partial charge in [0.05, 0.1) is 17.8 Å². The van der Waals surface area contributed by atoms with Crippen molar-refractivity contribution in [2.45, 2.75) is 18.1 Å². The molecule has 1 heterocycles. The maximum absolute atomic E-state index is 13.5. The van der Waals surface area contributed by atoms with E-state index in [-0.39, 0.29) is 21.9 Å². The van der Waals surface area contributed by atoms with Crippen molar-refractivity contribution < 1.29 is 23.1 Å². The summed E-state index contributed by atoms with van der Waals surface area (Å²) in [4.78, 5) is 14.4. The first-order chi connectivity index (χ1) is 8.99. The molecule has 0 bridgehead atoms. The van der Waals surface area contributed by atoms with E-state index in [1.54, 1.807) is 0 Å². The van der Waals surface area contributed by atoms with Crippen molar-refractivity contribution in [2.75, 3.05) is 5.75 Å². The van der Waals surface area contributed by atoms with Crippen LogP contribution in [0.4, 0.5) is 13.2 Å². The van der Waals surface area contributed by atoms with Crippen LogP contribution in [0.2, 0.25) is 0 Å². The number of carboxylic acid groups (broad SMARTS) is 1. The number of halogens is 3. The zero-order valence-corrected chi connectivity index (χ0v) is 10.3. The third kappa shape index (κ3) is 3.01. The van der Waals surface area contributed by atoms with E-state index in [9.17, 15) is 18.0 Å². The molecule has 0 aliphatic heterocycles. The fraction of sp³-hybridized carbons (Fsp3) is 0.273. The van der Waals surface area contributed by atoms with Crippen LogP contribution in [-0.4, -0.2) is 32.8 Å². The van der Waals surface area contributed by atoms with Gasteiger partial charge in [-0.1, -0.05) is 17.8 Å². The van der Waals surface area contributed by atoms with Gasteiger partial charge in [0, 0.05) is 0 Å². The van der Waals surface area contributed by atoms with Crippen LogP contribution in [0, 0.1) is 5.82 Å². The number of hydrogen-bond acceptors (Lipinski definition) is 3. The Labute approximate surface area is 110 Å². The van der Waals surface area contributed by atoms with Crippen LogP contribution in [0.15, 0.2) is 23.4 Å². The van der Waals surface area contributed by atoms with Crippen molar-refractivity contribution in [3.8, 4) is 0 Å². The summed E-state index contributed by atoms with van der Waals surface area (Å²) in [6.45, 7) is -0.651. The van der Waals surface area contributed by atoms with Crippen LogP contribution in [0.25, 0.3) is 11.0 Å². The number of nitrogens with zero attached hydrogens (tertiary/aromatic N) is 2. The van der Waals surface area contributed by atoms with E-state index in [1.165, 1.54) is 18.2 Å². The fourth-order valence-electron chi connectivity index (χ4n) is 1.64. The lowest BCUT2D eigenvalue weighted by atomic mass is 10.3. The molecule has 1 aromatic heterocycles. The van der Waals surface area contributed by atoms with E-state index >= 15 is 0 Å². The number of aliphatic carboxylic acids is 1. The highest BCUT2D eigenvalue weighted by molar-refractivity contribution is 7.99. The van der Waals surface area contributed by atoms with Gasteiger partial charge in [0.25, 0.3) is 6.43 Å². The number of hydrogen-bond donors (Lipinski definition) is 1. The predicted octanol–water partition coefficient (Wildman–Crippen LogP) is 2.62. The van der Waals surface area contributed by atoms with E-state index < -0.39 is 24.8 Å². The second kappa shape index (κ2) is 5.52. The highest BCUT2D eigenvalue weighted by Crippen LogP contribution is 2.26. The van der Waals surface area contributed by atoms with Gasteiger partial charge in [-0.2, -0.15) is 0 Å². The number of rotatable bonds is 5. The van der Waals surface area contributed by atoms with Crippen LogP contribution in [-0.2, 0) is 11.3 Å². The number of benzene rings is 1. The van der Waals surface area contributed by atoms with Gasteiger partial charge in [-0.05, 0) is 12.1 Å². The van der Waals surface area contributed by atoms with Gasteiger partial charge in [0.2, 0.25) is 0 Å². The Balaban J connectivity index is 2.47. The molecule has 0 atom stereocenters. The molecule has 0 saturated carbocycles. The number of alkyl halides is 2. The van der Waals surface area contributed by atoms with E-state index in [0.29, 0.717) is 0 Å². The smallest absolute Gasteiger partial charge is 0.313 e. The quantitative estimate of drug-likeness (QED) is 0.860. The van der Waals surface area contributed by atoms with Gasteiger partial charge >= 0.3 is 5.97 Å². The molecule has 0 spiro atoms. The molecule has 19 heavy (non-hydrogen) atoms. The predicted molar refractivity (Wildman–Crippen MR) is 64.1 cm³/mol. The lowest BCUT2D eigenvalue weighted by molar-refractivity contribution is -0.133. The number of carbonyl (C=O) groups is 1. The minimum absolute atomic E-state index is 0.0314. The molecule has 4 nitrogen and oxygen atoms in total. The van der Waals surface area contributed by atoms with Crippen LogP contribution in [0.5, 0.6) is 0 Å². The zero-order chi connectivity index (χ0) is 14.0. The molecule has 2 rings (SSSR count). The topological polar surface area (TPSA) is 55.1 Å². The molecule has 0 radical (unpaired) electrons. The fourth-order valence-corrected chi connectivity index (χ4v) is 2.38. The average Bonchev–Trinajstić information content (AvgIpc) is 2.66. The Morgan fingerprint density at radius 1 is 1.47 bits per heavy atom. The van der Waals surface area contributed by atoms with E-state index in [1.807, 2.05) is 0 Å². The SMILES string of the molecule is O=C(O)CSc1nc2c(F)cccc2n1CC(F)F. The second-order valence-corrected chi connectivity index (χ2v) is 4.63. The molecule has 2 aromatic rings. The molecule has 102 valence electrons. The van der Waals surface area contributed by atoms with Crippen LogP contribution < -0.4 is 0 Å². The molecule has 1 aromatic carbocycles. The van der Waals surface area contributed by atoms with E-state index in [0.717, 1.165) is 16.3 Å². The molecule has 0 amide bonds. The first-order valence-electron chi connectivity index (χ1n) is 5.26. The normalized spacial score (nSPS) is 11.4. The number of aromatic nitrogens is 2. The molecule has 0 saturated heterocycles. The van der Waals surface area contributed by atoms with Crippen molar-refractivity contribution in [1.29, 1.82) is 0 Å². The highest BCUT2D eigenvalue weighted by Gasteiger charge is 2.17. The number of thioether (sulfide) groups is 1. The summed E-state index contributed by atoms with van der Waals surface area (Å²) in [5.74, 6) is -2.04. The molecular formula is C11H9F3N2O2S. The molecule has 0 fully saturated rings. The van der Waals surface area contributed by atoms with Crippen LogP contribution in [0.3, 0.4) is 0 Å². The Morgan fingerprint density at radius 2 is 2.21 bits per heavy atom. The first kappa shape index (κ1) is 13.7. The zero-order valence-electron chi connectivity index (χ0n) is 9.52. The summed E-state index contributed by atoms with van der Waals surface area (Å²) < 4.78 is 39.7. The van der Waals surface area contributed by atoms with Gasteiger partial charge < -0.3 is 9.67 Å². The lowest BCUT2D eigenvalue weighted by Gasteiger charge is -2.07. The maximum atomic E-state index is 13.5. The van der Waals surface area contributed by atoms with Crippen molar-refractivity contribution in [2.24, 2.45) is 0 Å². The monoisotopic (exact) mass is 290 g/mol. The Hall–Kier alpha value is -1.70. The van der Waals surface area contributed by atoms with E-state index in [4.69, 9.17) is 5.11 Å². The maximum Gasteiger partial charge on any atom is 0.313 e. The third-order valence-corrected chi connectivity index (χ3v) is 3.30. The molecule has 0 aliphatic rings. The molecule has 0 unspecified atom stereocenters. The van der Waals surface area contributed by atoms with Crippen molar-refractivity contribution in [3.63, 3.8) is 0 Å². The highest BCUT2D eigenvalue weighted by atomic mass is 32.2. The first-order valence-corrected chi connectivity index (χ1v) is 6.25. The van der Waals surface area contributed by atoms with Crippen LogP contribution >= 0.6 is 11.8 Å². The lowest BCUT2D eigenvalue weighted by Crippen LogP contribution is -2.09. The minimum atomic E-state index is -2.63. The average molecular weight is 290 g/mol.